The molecule has 3 rings (SSSR count). The first kappa shape index (κ1) is 14.2. The summed E-state index contributed by atoms with van der Waals surface area (Å²) in [7, 11) is 2.02. The normalized spacial score (nSPS) is 15.1. The lowest BCUT2D eigenvalue weighted by molar-refractivity contribution is 0.288. The molecule has 0 radical (unpaired) electrons. The monoisotopic (exact) mass is 281 g/mol. The van der Waals surface area contributed by atoms with Gasteiger partial charge in [-0.15, -0.1) is 0 Å². The highest BCUT2D eigenvalue weighted by atomic mass is 16.5. The van der Waals surface area contributed by atoms with Gasteiger partial charge in [-0.3, -0.25) is 0 Å². The predicted molar refractivity (Wildman–Crippen MR) is 87.8 cm³/mol. The van der Waals surface area contributed by atoms with Gasteiger partial charge in [-0.25, -0.2) is 0 Å². The molecule has 1 unspecified atom stereocenters. The van der Waals surface area contributed by atoms with Crippen LogP contribution in [0.2, 0.25) is 0 Å². The zero-order valence-corrected chi connectivity index (χ0v) is 12.9. The van der Waals surface area contributed by atoms with Gasteiger partial charge >= 0.3 is 0 Å². The van der Waals surface area contributed by atoms with E-state index in [4.69, 9.17) is 4.74 Å². The summed E-state index contributed by atoms with van der Waals surface area (Å²) < 4.78 is 5.70. The fraction of sp³-hybridized carbons (Fsp3) is 0.368. The Morgan fingerprint density at radius 3 is 2.81 bits per heavy atom. The minimum absolute atomic E-state index is 0.422. The number of benzene rings is 2. The Labute approximate surface area is 127 Å². The Morgan fingerprint density at radius 1 is 1.14 bits per heavy atom. The minimum atomic E-state index is 0.422. The van der Waals surface area contributed by atoms with Gasteiger partial charge in [-0.2, -0.15) is 0 Å². The highest BCUT2D eigenvalue weighted by Crippen LogP contribution is 2.31. The van der Waals surface area contributed by atoms with Crippen LogP contribution in [0.5, 0.6) is 5.75 Å². The first-order valence-electron chi connectivity index (χ1n) is 7.85. The van der Waals surface area contributed by atoms with Gasteiger partial charge in [0, 0.05) is 6.04 Å². The van der Waals surface area contributed by atoms with Crippen LogP contribution in [0.25, 0.3) is 11.1 Å². The Hall–Kier alpha value is -1.80. The predicted octanol–water partition coefficient (Wildman–Crippen LogP) is 4.35. The summed E-state index contributed by atoms with van der Waals surface area (Å²) in [4.78, 5) is 0. The third-order valence-electron chi connectivity index (χ3n) is 4.29. The molecule has 0 saturated carbocycles. The number of nitrogens with one attached hydrogen (secondary N) is 1. The Morgan fingerprint density at radius 2 is 2.00 bits per heavy atom. The summed E-state index contributed by atoms with van der Waals surface area (Å²) in [6, 6.07) is 15.8. The zero-order valence-electron chi connectivity index (χ0n) is 12.9. The van der Waals surface area contributed by atoms with E-state index in [0.717, 1.165) is 31.6 Å². The summed E-state index contributed by atoms with van der Waals surface area (Å²) in [5.41, 5.74) is 5.26. The lowest BCUT2D eigenvalue weighted by atomic mass is 9.95. The number of hydrogen-bond acceptors (Lipinski definition) is 2. The average Bonchev–Trinajstić information content (AvgIpc) is 2.56. The minimum Gasteiger partial charge on any atom is -0.493 e. The van der Waals surface area contributed by atoms with Crippen molar-refractivity contribution in [3.8, 4) is 16.9 Å². The molecule has 0 amide bonds. The van der Waals surface area contributed by atoms with Crippen LogP contribution in [-0.4, -0.2) is 13.7 Å². The average molecular weight is 281 g/mol. The lowest BCUT2D eigenvalue weighted by Gasteiger charge is -2.19. The largest absolute Gasteiger partial charge is 0.493 e. The van der Waals surface area contributed by atoms with E-state index in [0.29, 0.717) is 6.04 Å². The molecule has 0 saturated heterocycles. The van der Waals surface area contributed by atoms with Gasteiger partial charge in [0.25, 0.3) is 0 Å². The molecule has 0 aliphatic carbocycles. The van der Waals surface area contributed by atoms with Crippen molar-refractivity contribution < 1.29 is 4.74 Å². The van der Waals surface area contributed by atoms with Gasteiger partial charge < -0.3 is 10.1 Å². The standard InChI is InChI=1S/C19H23NO/c1-3-18(20-2)16-7-4-6-14(12-16)15-9-10-19-17(13-15)8-5-11-21-19/h4,6-7,9-10,12-13,18,20H,3,5,8,11H2,1-2H3. The second-order valence-corrected chi connectivity index (χ2v) is 5.65. The molecule has 0 fully saturated rings. The number of rotatable bonds is 4. The first-order valence-corrected chi connectivity index (χ1v) is 7.85. The summed E-state index contributed by atoms with van der Waals surface area (Å²) in [5, 5.41) is 3.38. The lowest BCUT2D eigenvalue weighted by Crippen LogP contribution is -2.15. The smallest absolute Gasteiger partial charge is 0.122 e. The topological polar surface area (TPSA) is 21.3 Å². The Bertz CT molecular complexity index is 617. The highest BCUT2D eigenvalue weighted by molar-refractivity contribution is 5.66. The molecule has 2 aromatic carbocycles. The van der Waals surface area contributed by atoms with Crippen LogP contribution in [0.1, 0.15) is 36.9 Å². The second-order valence-electron chi connectivity index (χ2n) is 5.65. The maximum absolute atomic E-state index is 5.70. The van der Waals surface area contributed by atoms with Gasteiger partial charge in [0.1, 0.15) is 5.75 Å². The molecule has 1 heterocycles. The Kier molecular flexibility index (Phi) is 4.26. The van der Waals surface area contributed by atoms with Crippen LogP contribution in [0.15, 0.2) is 42.5 Å². The zero-order chi connectivity index (χ0) is 14.7. The third-order valence-corrected chi connectivity index (χ3v) is 4.29. The summed E-state index contributed by atoms with van der Waals surface area (Å²) in [5.74, 6) is 1.06. The second kappa shape index (κ2) is 6.31. The molecule has 1 aliphatic rings. The van der Waals surface area contributed by atoms with Crippen molar-refractivity contribution in [3.05, 3.63) is 53.6 Å². The van der Waals surface area contributed by atoms with Crippen molar-refractivity contribution in [1.82, 2.24) is 5.32 Å². The van der Waals surface area contributed by atoms with Crippen molar-refractivity contribution in [1.29, 1.82) is 0 Å². The van der Waals surface area contributed by atoms with Gasteiger partial charge in [0.15, 0.2) is 0 Å². The highest BCUT2D eigenvalue weighted by Gasteiger charge is 2.12. The van der Waals surface area contributed by atoms with E-state index >= 15 is 0 Å². The number of hydrogen-bond donors (Lipinski definition) is 1. The van der Waals surface area contributed by atoms with Crippen molar-refractivity contribution >= 4 is 0 Å². The summed E-state index contributed by atoms with van der Waals surface area (Å²) in [6.07, 6.45) is 3.34. The molecule has 2 nitrogen and oxygen atoms in total. The van der Waals surface area contributed by atoms with Crippen LogP contribution >= 0.6 is 0 Å². The summed E-state index contributed by atoms with van der Waals surface area (Å²) >= 11 is 0. The number of ether oxygens (including phenoxy) is 1. The molecule has 1 atom stereocenters. The van der Waals surface area contributed by atoms with E-state index in [1.54, 1.807) is 0 Å². The van der Waals surface area contributed by atoms with Gasteiger partial charge in [-0.1, -0.05) is 31.2 Å². The van der Waals surface area contributed by atoms with Gasteiger partial charge in [0.05, 0.1) is 6.61 Å². The maximum atomic E-state index is 5.70. The van der Waals surface area contributed by atoms with E-state index < -0.39 is 0 Å². The molecule has 0 spiro atoms. The van der Waals surface area contributed by atoms with Gasteiger partial charge in [0.2, 0.25) is 0 Å². The van der Waals surface area contributed by atoms with E-state index in [1.807, 2.05) is 7.05 Å². The molecular formula is C19H23NO. The Balaban J connectivity index is 1.95. The molecule has 21 heavy (non-hydrogen) atoms. The van der Waals surface area contributed by atoms with Crippen LogP contribution in [0, 0.1) is 0 Å². The van der Waals surface area contributed by atoms with Crippen LogP contribution in [-0.2, 0) is 6.42 Å². The van der Waals surface area contributed by atoms with E-state index in [2.05, 4.69) is 54.7 Å². The SMILES string of the molecule is CCC(NC)c1cccc(-c2ccc3c(c2)CCCO3)c1. The maximum Gasteiger partial charge on any atom is 0.122 e. The number of aryl methyl sites for hydroxylation is 1. The molecule has 2 heteroatoms. The van der Waals surface area contributed by atoms with E-state index in [1.165, 1.54) is 22.3 Å². The van der Waals surface area contributed by atoms with E-state index in [9.17, 15) is 0 Å². The fourth-order valence-electron chi connectivity index (χ4n) is 3.08. The number of fused-ring (bicyclic) bond motifs is 1. The van der Waals surface area contributed by atoms with Crippen LogP contribution in [0.3, 0.4) is 0 Å². The quantitative estimate of drug-likeness (QED) is 0.899. The van der Waals surface area contributed by atoms with E-state index in [-0.39, 0.29) is 0 Å². The first-order chi connectivity index (χ1) is 10.3. The molecule has 1 N–H and O–H groups in total. The molecular weight excluding hydrogens is 258 g/mol. The van der Waals surface area contributed by atoms with Gasteiger partial charge in [-0.05, 0) is 66.8 Å². The van der Waals surface area contributed by atoms with Crippen molar-refractivity contribution in [3.63, 3.8) is 0 Å². The van der Waals surface area contributed by atoms with Crippen LogP contribution in [0.4, 0.5) is 0 Å². The molecule has 0 aromatic heterocycles. The fourth-order valence-corrected chi connectivity index (χ4v) is 3.08. The van der Waals surface area contributed by atoms with Crippen LogP contribution < -0.4 is 10.1 Å². The molecule has 110 valence electrons. The third kappa shape index (κ3) is 2.96. The van der Waals surface area contributed by atoms with Crippen molar-refractivity contribution in [2.75, 3.05) is 13.7 Å². The molecule has 2 aromatic rings. The molecule has 0 bridgehead atoms. The van der Waals surface area contributed by atoms with Crippen molar-refractivity contribution in [2.24, 2.45) is 0 Å². The summed E-state index contributed by atoms with van der Waals surface area (Å²) in [6.45, 7) is 3.06. The molecule has 1 aliphatic heterocycles. The van der Waals surface area contributed by atoms with Crippen molar-refractivity contribution in [2.45, 2.75) is 32.2 Å².